The Morgan fingerprint density at radius 1 is 1.15 bits per heavy atom. The summed E-state index contributed by atoms with van der Waals surface area (Å²) in [5.41, 5.74) is 1.21. The number of nitrogens with one attached hydrogen (secondary N) is 1. The average Bonchev–Trinajstić information content (AvgIpc) is 2.84. The van der Waals surface area contributed by atoms with Crippen molar-refractivity contribution in [3.63, 3.8) is 0 Å². The molecular formula is C15H16Br3NS. The van der Waals surface area contributed by atoms with E-state index >= 15 is 0 Å². The van der Waals surface area contributed by atoms with E-state index in [0.717, 1.165) is 26.4 Å². The molecule has 0 radical (unpaired) electrons. The van der Waals surface area contributed by atoms with Gasteiger partial charge in [-0.15, -0.1) is 11.3 Å². The third-order valence-electron chi connectivity index (χ3n) is 3.01. The highest BCUT2D eigenvalue weighted by Crippen LogP contribution is 2.41. The molecule has 1 unspecified atom stereocenters. The predicted molar refractivity (Wildman–Crippen MR) is 99.6 cm³/mol. The van der Waals surface area contributed by atoms with Crippen molar-refractivity contribution in [1.29, 1.82) is 0 Å². The molecular weight excluding hydrogens is 466 g/mol. The van der Waals surface area contributed by atoms with Crippen molar-refractivity contribution < 1.29 is 0 Å². The van der Waals surface area contributed by atoms with Crippen LogP contribution in [-0.2, 0) is 0 Å². The molecule has 2 rings (SSSR count). The number of halogens is 3. The summed E-state index contributed by atoms with van der Waals surface area (Å²) < 4.78 is 3.26. The van der Waals surface area contributed by atoms with Crippen LogP contribution in [0.4, 0.5) is 0 Å². The maximum atomic E-state index is 3.65. The van der Waals surface area contributed by atoms with Gasteiger partial charge in [0, 0.05) is 34.8 Å². The van der Waals surface area contributed by atoms with Crippen molar-refractivity contribution in [2.24, 2.45) is 0 Å². The summed E-state index contributed by atoms with van der Waals surface area (Å²) in [4.78, 5) is 2.64. The molecule has 1 aromatic heterocycles. The summed E-state index contributed by atoms with van der Waals surface area (Å²) in [6.45, 7) is 5.46. The lowest BCUT2D eigenvalue weighted by Crippen LogP contribution is -2.18. The number of benzene rings is 1. The van der Waals surface area contributed by atoms with E-state index in [1.54, 1.807) is 0 Å². The van der Waals surface area contributed by atoms with Crippen LogP contribution in [0.3, 0.4) is 0 Å². The summed E-state index contributed by atoms with van der Waals surface area (Å²) in [5.74, 6) is 0. The number of hydrogen-bond acceptors (Lipinski definition) is 2. The monoisotopic (exact) mass is 479 g/mol. The zero-order chi connectivity index (χ0) is 14.7. The SMILES string of the molecule is CCCNC(C)c1ccc(-c2c(Br)cc(Br)cc2Br)s1. The second kappa shape index (κ2) is 7.54. The van der Waals surface area contributed by atoms with E-state index < -0.39 is 0 Å². The molecule has 1 nitrogen and oxygen atoms in total. The fraction of sp³-hybridized carbons (Fsp3) is 0.333. The summed E-state index contributed by atoms with van der Waals surface area (Å²) in [6, 6.07) is 8.98. The van der Waals surface area contributed by atoms with Crippen LogP contribution < -0.4 is 5.32 Å². The molecule has 1 heterocycles. The summed E-state index contributed by atoms with van der Waals surface area (Å²) in [7, 11) is 0. The Balaban J connectivity index is 2.29. The van der Waals surface area contributed by atoms with Crippen LogP contribution in [0.15, 0.2) is 37.7 Å². The second-order valence-corrected chi connectivity index (χ2v) is 8.36. The molecule has 0 aliphatic rings. The smallest absolute Gasteiger partial charge is 0.0386 e. The molecule has 1 N–H and O–H groups in total. The molecule has 1 aromatic carbocycles. The minimum Gasteiger partial charge on any atom is -0.309 e. The molecule has 20 heavy (non-hydrogen) atoms. The van der Waals surface area contributed by atoms with Gasteiger partial charge in [0.05, 0.1) is 0 Å². The zero-order valence-corrected chi connectivity index (χ0v) is 16.9. The van der Waals surface area contributed by atoms with Crippen molar-refractivity contribution in [3.8, 4) is 10.4 Å². The van der Waals surface area contributed by atoms with Gasteiger partial charge in [-0.2, -0.15) is 0 Å². The van der Waals surface area contributed by atoms with Crippen molar-refractivity contribution in [3.05, 3.63) is 42.6 Å². The molecule has 0 bridgehead atoms. The average molecular weight is 482 g/mol. The quantitative estimate of drug-likeness (QED) is 0.497. The Kier molecular flexibility index (Phi) is 6.29. The number of thiophene rings is 1. The van der Waals surface area contributed by atoms with Gasteiger partial charge in [0.15, 0.2) is 0 Å². The van der Waals surface area contributed by atoms with Crippen LogP contribution in [-0.4, -0.2) is 6.54 Å². The third kappa shape index (κ3) is 3.95. The van der Waals surface area contributed by atoms with E-state index in [1.165, 1.54) is 15.3 Å². The first-order valence-electron chi connectivity index (χ1n) is 6.51. The standard InChI is InChI=1S/C15H16Br3NS/c1-3-6-19-9(2)13-4-5-14(20-13)15-11(17)7-10(16)8-12(15)18/h4-5,7-9,19H,3,6H2,1-2H3. The lowest BCUT2D eigenvalue weighted by molar-refractivity contribution is 0.578. The van der Waals surface area contributed by atoms with Gasteiger partial charge in [-0.1, -0.05) is 54.7 Å². The van der Waals surface area contributed by atoms with E-state index in [1.807, 2.05) is 11.3 Å². The largest absolute Gasteiger partial charge is 0.309 e. The van der Waals surface area contributed by atoms with E-state index in [2.05, 4.69) is 91.2 Å². The third-order valence-corrected chi connectivity index (χ3v) is 6.00. The van der Waals surface area contributed by atoms with E-state index in [4.69, 9.17) is 0 Å². The number of rotatable bonds is 5. The summed E-state index contributed by atoms with van der Waals surface area (Å²) in [6.07, 6.45) is 1.16. The highest BCUT2D eigenvalue weighted by atomic mass is 79.9. The van der Waals surface area contributed by atoms with Gasteiger partial charge in [-0.3, -0.25) is 0 Å². The maximum absolute atomic E-state index is 3.65. The summed E-state index contributed by atoms with van der Waals surface area (Å²) in [5, 5.41) is 3.53. The Labute approximate surface area is 149 Å². The Morgan fingerprint density at radius 2 is 1.80 bits per heavy atom. The maximum Gasteiger partial charge on any atom is 0.0386 e. The molecule has 0 spiro atoms. The highest BCUT2D eigenvalue weighted by Gasteiger charge is 2.14. The topological polar surface area (TPSA) is 12.0 Å². The van der Waals surface area contributed by atoms with Crippen LogP contribution in [0.5, 0.6) is 0 Å². The van der Waals surface area contributed by atoms with Crippen LogP contribution >= 0.6 is 59.1 Å². The molecule has 0 aliphatic carbocycles. The van der Waals surface area contributed by atoms with Gasteiger partial charge in [0.2, 0.25) is 0 Å². The van der Waals surface area contributed by atoms with Gasteiger partial charge in [0.25, 0.3) is 0 Å². The van der Waals surface area contributed by atoms with Crippen LogP contribution in [0.25, 0.3) is 10.4 Å². The van der Waals surface area contributed by atoms with Crippen LogP contribution in [0.2, 0.25) is 0 Å². The first-order chi connectivity index (χ1) is 9.52. The fourth-order valence-corrected chi connectivity index (χ4v) is 6.02. The Bertz CT molecular complexity index is 572. The molecule has 0 saturated carbocycles. The molecule has 0 fully saturated rings. The minimum absolute atomic E-state index is 0.404. The fourth-order valence-electron chi connectivity index (χ4n) is 1.96. The van der Waals surface area contributed by atoms with Gasteiger partial charge < -0.3 is 5.32 Å². The van der Waals surface area contributed by atoms with E-state index in [0.29, 0.717) is 6.04 Å². The Morgan fingerprint density at radius 3 is 2.40 bits per heavy atom. The molecule has 0 amide bonds. The molecule has 5 heteroatoms. The predicted octanol–water partition coefficient (Wildman–Crippen LogP) is 6.76. The van der Waals surface area contributed by atoms with Gasteiger partial charge >= 0.3 is 0 Å². The van der Waals surface area contributed by atoms with Crippen molar-refractivity contribution in [1.82, 2.24) is 5.32 Å². The number of hydrogen-bond donors (Lipinski definition) is 1. The van der Waals surface area contributed by atoms with Crippen molar-refractivity contribution in [2.75, 3.05) is 6.54 Å². The molecule has 0 aliphatic heterocycles. The van der Waals surface area contributed by atoms with Crippen molar-refractivity contribution >= 4 is 59.1 Å². The highest BCUT2D eigenvalue weighted by molar-refractivity contribution is 9.11. The lowest BCUT2D eigenvalue weighted by Gasteiger charge is -2.11. The van der Waals surface area contributed by atoms with Gasteiger partial charge in [-0.05, 0) is 44.2 Å². The van der Waals surface area contributed by atoms with E-state index in [9.17, 15) is 0 Å². The lowest BCUT2D eigenvalue weighted by atomic mass is 10.2. The molecule has 108 valence electrons. The molecule has 2 aromatic rings. The molecule has 0 saturated heterocycles. The van der Waals surface area contributed by atoms with Crippen molar-refractivity contribution in [2.45, 2.75) is 26.3 Å². The van der Waals surface area contributed by atoms with Gasteiger partial charge in [0.1, 0.15) is 0 Å². The van der Waals surface area contributed by atoms with Gasteiger partial charge in [-0.25, -0.2) is 0 Å². The minimum atomic E-state index is 0.404. The Hall–Kier alpha value is 0.320. The van der Waals surface area contributed by atoms with Crippen LogP contribution in [0.1, 0.15) is 31.2 Å². The normalized spacial score (nSPS) is 12.7. The van der Waals surface area contributed by atoms with Crippen LogP contribution in [0, 0.1) is 0 Å². The zero-order valence-electron chi connectivity index (χ0n) is 11.3. The second-order valence-electron chi connectivity index (χ2n) is 4.62. The first kappa shape index (κ1) is 16.7. The molecule has 1 atom stereocenters. The first-order valence-corrected chi connectivity index (χ1v) is 9.70. The summed E-state index contributed by atoms with van der Waals surface area (Å²) >= 11 is 12.7. The van der Waals surface area contributed by atoms with E-state index in [-0.39, 0.29) is 0 Å².